The van der Waals surface area contributed by atoms with Gasteiger partial charge in [-0.2, -0.15) is 13.2 Å². The molecule has 3 aromatic rings. The quantitative estimate of drug-likeness (QED) is 0.379. The molecule has 4 rings (SSSR count). The van der Waals surface area contributed by atoms with E-state index in [1.54, 1.807) is 12.1 Å². The third-order valence-corrected chi connectivity index (χ3v) is 7.12. The summed E-state index contributed by atoms with van der Waals surface area (Å²) in [6.07, 6.45) is -0.0686. The minimum absolute atomic E-state index is 0.0617. The number of hydrogen-bond donors (Lipinski definition) is 1. The number of aryl methyl sites for hydroxylation is 1. The number of halogens is 3. The van der Waals surface area contributed by atoms with E-state index in [0.29, 0.717) is 5.92 Å². The molecule has 2 aromatic carbocycles. The van der Waals surface area contributed by atoms with Crippen LogP contribution in [-0.2, 0) is 17.4 Å². The average Bonchev–Trinajstić information content (AvgIpc) is 3.11. The van der Waals surface area contributed by atoms with Crippen LogP contribution in [0.3, 0.4) is 0 Å². The summed E-state index contributed by atoms with van der Waals surface area (Å²) in [6.45, 7) is 6.38. The van der Waals surface area contributed by atoms with Crippen molar-refractivity contribution in [3.8, 4) is 0 Å². The molecule has 1 aliphatic carbocycles. The Morgan fingerprint density at radius 2 is 1.79 bits per heavy atom. The van der Waals surface area contributed by atoms with Crippen molar-refractivity contribution in [1.29, 1.82) is 0 Å². The predicted molar refractivity (Wildman–Crippen MR) is 128 cm³/mol. The number of benzene rings is 2. The largest absolute Gasteiger partial charge is 0.481 e. The third kappa shape index (κ3) is 4.59. The second-order valence-corrected chi connectivity index (χ2v) is 9.78. The Bertz CT molecular complexity index is 1180. The number of fused-ring (bicyclic) bond motifs is 3. The van der Waals surface area contributed by atoms with Gasteiger partial charge in [-0.25, -0.2) is 0 Å². The number of aliphatic carboxylic acids is 1. The lowest BCUT2D eigenvalue weighted by molar-refractivity contribution is -0.138. The first kappa shape index (κ1) is 24.4. The zero-order chi connectivity index (χ0) is 24.6. The Kier molecular flexibility index (Phi) is 6.79. The van der Waals surface area contributed by atoms with E-state index in [9.17, 15) is 23.1 Å². The van der Waals surface area contributed by atoms with Crippen LogP contribution in [0.15, 0.2) is 42.5 Å². The van der Waals surface area contributed by atoms with Crippen molar-refractivity contribution >= 4 is 16.9 Å². The zero-order valence-corrected chi connectivity index (χ0v) is 20.0. The highest BCUT2D eigenvalue weighted by Gasteiger charge is 2.33. The van der Waals surface area contributed by atoms with E-state index in [1.165, 1.54) is 11.1 Å². The van der Waals surface area contributed by atoms with Gasteiger partial charge in [-0.3, -0.25) is 4.79 Å². The highest BCUT2D eigenvalue weighted by atomic mass is 19.4. The fraction of sp³-hybridized carbons (Fsp3) is 0.464. The molecule has 2 atom stereocenters. The van der Waals surface area contributed by atoms with E-state index in [-0.39, 0.29) is 18.4 Å². The monoisotopic (exact) mass is 471 g/mol. The average molecular weight is 472 g/mol. The van der Waals surface area contributed by atoms with Crippen LogP contribution in [0.2, 0.25) is 0 Å². The summed E-state index contributed by atoms with van der Waals surface area (Å²) >= 11 is 0. The first-order valence-corrected chi connectivity index (χ1v) is 12.2. The van der Waals surface area contributed by atoms with Crippen LogP contribution in [0.1, 0.15) is 98.7 Å². The van der Waals surface area contributed by atoms with Crippen LogP contribution in [0.4, 0.5) is 13.2 Å². The van der Waals surface area contributed by atoms with E-state index < -0.39 is 17.7 Å². The van der Waals surface area contributed by atoms with Crippen molar-refractivity contribution in [3.05, 3.63) is 70.4 Å². The minimum atomic E-state index is -4.38. The van der Waals surface area contributed by atoms with Gasteiger partial charge in [-0.1, -0.05) is 45.4 Å². The summed E-state index contributed by atoms with van der Waals surface area (Å²) in [4.78, 5) is 11.7. The van der Waals surface area contributed by atoms with Gasteiger partial charge in [-0.15, -0.1) is 0 Å². The first-order chi connectivity index (χ1) is 16.1. The van der Waals surface area contributed by atoms with Crippen LogP contribution in [0, 0.1) is 0 Å². The number of carbonyl (C=O) groups is 1. The molecule has 0 saturated heterocycles. The molecule has 6 heteroatoms. The molecule has 1 unspecified atom stereocenters. The van der Waals surface area contributed by atoms with E-state index in [1.807, 2.05) is 0 Å². The molecule has 0 bridgehead atoms. The standard InChI is InChI=1S/C28H32F3NO2/c1-4-6-24(18-9-12-21(13-10-18)28(29,30)31)32-25-14-11-19(17(2)3)15-23(25)22-8-5-7-20(27(22)32)16-26(33)34/h9-15,17,20,24H,4-8,16H2,1-3H3,(H,33,34)/t20?,24-/m0/s1. The van der Waals surface area contributed by atoms with E-state index in [0.717, 1.165) is 66.4 Å². The lowest BCUT2D eigenvalue weighted by Crippen LogP contribution is -2.21. The molecule has 34 heavy (non-hydrogen) atoms. The second kappa shape index (κ2) is 9.47. The van der Waals surface area contributed by atoms with Crippen molar-refractivity contribution < 1.29 is 23.1 Å². The smallest absolute Gasteiger partial charge is 0.416 e. The molecule has 0 amide bonds. The number of nitrogens with zero attached hydrogens (tertiary/aromatic N) is 1. The topological polar surface area (TPSA) is 42.2 Å². The van der Waals surface area contributed by atoms with Crippen LogP contribution >= 0.6 is 0 Å². The Hall–Kier alpha value is -2.76. The molecule has 0 spiro atoms. The molecule has 1 heterocycles. The lowest BCUT2D eigenvalue weighted by atomic mass is 9.84. The Morgan fingerprint density at radius 3 is 2.38 bits per heavy atom. The summed E-state index contributed by atoms with van der Waals surface area (Å²) < 4.78 is 41.8. The molecule has 0 fully saturated rings. The minimum Gasteiger partial charge on any atom is -0.481 e. The van der Waals surface area contributed by atoms with E-state index in [2.05, 4.69) is 43.5 Å². The van der Waals surface area contributed by atoms with Gasteiger partial charge in [-0.05, 0) is 72.6 Å². The van der Waals surface area contributed by atoms with Gasteiger partial charge < -0.3 is 9.67 Å². The molecule has 1 aliphatic rings. The van der Waals surface area contributed by atoms with Crippen molar-refractivity contribution in [2.45, 2.75) is 83.4 Å². The van der Waals surface area contributed by atoms with Crippen LogP contribution in [-0.4, -0.2) is 15.6 Å². The van der Waals surface area contributed by atoms with Crippen molar-refractivity contribution in [2.75, 3.05) is 0 Å². The van der Waals surface area contributed by atoms with Gasteiger partial charge in [0.25, 0.3) is 0 Å². The lowest BCUT2D eigenvalue weighted by Gasteiger charge is -2.29. The Labute approximate surface area is 198 Å². The van der Waals surface area contributed by atoms with E-state index >= 15 is 0 Å². The summed E-state index contributed by atoms with van der Waals surface area (Å²) in [5.74, 6) is -0.563. The van der Waals surface area contributed by atoms with Crippen LogP contribution < -0.4 is 0 Å². The maximum Gasteiger partial charge on any atom is 0.416 e. The molecule has 0 radical (unpaired) electrons. The van der Waals surface area contributed by atoms with Gasteiger partial charge >= 0.3 is 12.1 Å². The zero-order valence-electron chi connectivity index (χ0n) is 20.0. The third-order valence-electron chi connectivity index (χ3n) is 7.12. The summed E-state index contributed by atoms with van der Waals surface area (Å²) in [6, 6.07) is 11.8. The van der Waals surface area contributed by atoms with Crippen LogP contribution in [0.25, 0.3) is 10.9 Å². The molecule has 0 aliphatic heterocycles. The summed E-state index contributed by atoms with van der Waals surface area (Å²) in [5, 5.41) is 10.8. The van der Waals surface area contributed by atoms with Gasteiger partial charge in [0.1, 0.15) is 0 Å². The van der Waals surface area contributed by atoms with Crippen molar-refractivity contribution in [3.63, 3.8) is 0 Å². The molecule has 1 N–H and O–H groups in total. The number of carboxylic acid groups (broad SMARTS) is 1. The molecule has 0 saturated carbocycles. The second-order valence-electron chi connectivity index (χ2n) is 9.78. The normalized spacial score (nSPS) is 17.2. The highest BCUT2D eigenvalue weighted by molar-refractivity contribution is 5.87. The number of hydrogen-bond acceptors (Lipinski definition) is 1. The van der Waals surface area contributed by atoms with Crippen molar-refractivity contribution in [1.82, 2.24) is 4.57 Å². The maximum absolute atomic E-state index is 13.2. The summed E-state index contributed by atoms with van der Waals surface area (Å²) in [5.41, 5.74) is 4.71. The fourth-order valence-corrected chi connectivity index (χ4v) is 5.50. The SMILES string of the molecule is CCC[C@@H](c1ccc(C(F)(F)F)cc1)n1c2c(c3cc(C(C)C)ccc31)CCCC2CC(=O)O. The Morgan fingerprint density at radius 1 is 1.12 bits per heavy atom. The first-order valence-electron chi connectivity index (χ1n) is 12.2. The number of carboxylic acids is 1. The highest BCUT2D eigenvalue weighted by Crippen LogP contribution is 2.44. The van der Waals surface area contributed by atoms with Crippen LogP contribution in [0.5, 0.6) is 0 Å². The Balaban J connectivity index is 1.95. The van der Waals surface area contributed by atoms with Crippen molar-refractivity contribution in [2.24, 2.45) is 0 Å². The van der Waals surface area contributed by atoms with Gasteiger partial charge in [0, 0.05) is 22.5 Å². The molecule has 182 valence electrons. The van der Waals surface area contributed by atoms with E-state index in [4.69, 9.17) is 0 Å². The molecule has 3 nitrogen and oxygen atoms in total. The number of rotatable bonds is 7. The number of alkyl halides is 3. The number of aromatic nitrogens is 1. The maximum atomic E-state index is 13.2. The fourth-order valence-electron chi connectivity index (χ4n) is 5.50. The van der Waals surface area contributed by atoms with Gasteiger partial charge in [0.2, 0.25) is 0 Å². The van der Waals surface area contributed by atoms with Gasteiger partial charge in [0.15, 0.2) is 0 Å². The molecule has 1 aromatic heterocycles. The molecular weight excluding hydrogens is 439 g/mol. The molecular formula is C28H32F3NO2. The predicted octanol–water partition coefficient (Wildman–Crippen LogP) is 8.07. The summed E-state index contributed by atoms with van der Waals surface area (Å²) in [7, 11) is 0. The van der Waals surface area contributed by atoms with Gasteiger partial charge in [0.05, 0.1) is 18.0 Å².